The van der Waals surface area contributed by atoms with Crippen LogP contribution < -0.4 is 0 Å². The number of nitrogens with zero attached hydrogens (tertiary/aromatic N) is 2. The molecule has 0 fully saturated rings. The summed E-state index contributed by atoms with van der Waals surface area (Å²) in [7, 11) is 0. The van der Waals surface area contributed by atoms with Gasteiger partial charge in [-0.15, -0.1) is 0 Å². The Morgan fingerprint density at radius 1 is 1.23 bits per heavy atom. The highest BCUT2D eigenvalue weighted by Gasteiger charge is 2.27. The molecule has 2 aromatic heterocycles. The maximum Gasteiger partial charge on any atom is 0.227 e. The fraction of sp³-hybridized carbons (Fsp3) is 0.278. The monoisotopic (exact) mass is 293 g/mol. The first kappa shape index (κ1) is 13.2. The molecule has 112 valence electrons. The molecule has 0 radical (unpaired) electrons. The number of para-hydroxylation sites is 1. The second-order valence-corrected chi connectivity index (χ2v) is 5.93. The van der Waals surface area contributed by atoms with Gasteiger partial charge in [-0.2, -0.15) is 0 Å². The first-order chi connectivity index (χ1) is 10.7. The Bertz CT molecular complexity index is 830. The van der Waals surface area contributed by atoms with Crippen molar-refractivity contribution in [1.29, 1.82) is 0 Å². The van der Waals surface area contributed by atoms with Gasteiger partial charge in [0, 0.05) is 42.1 Å². The zero-order valence-electron chi connectivity index (χ0n) is 12.6. The lowest BCUT2D eigenvalue weighted by molar-refractivity contribution is -0.133. The number of rotatable bonds is 2. The molecule has 1 aromatic carbocycles. The molecule has 22 heavy (non-hydrogen) atoms. The molecule has 1 aliphatic heterocycles. The van der Waals surface area contributed by atoms with Crippen LogP contribution >= 0.6 is 0 Å². The summed E-state index contributed by atoms with van der Waals surface area (Å²) in [6, 6.07) is 12.4. The number of hydrogen-bond acceptors (Lipinski definition) is 1. The van der Waals surface area contributed by atoms with Gasteiger partial charge in [-0.3, -0.25) is 4.79 Å². The summed E-state index contributed by atoms with van der Waals surface area (Å²) in [5.41, 5.74) is 3.39. The summed E-state index contributed by atoms with van der Waals surface area (Å²) in [6.07, 6.45) is 4.50. The highest BCUT2D eigenvalue weighted by atomic mass is 16.2. The molecule has 0 aliphatic carbocycles. The predicted molar refractivity (Wildman–Crippen MR) is 86.6 cm³/mol. The summed E-state index contributed by atoms with van der Waals surface area (Å²) in [6.45, 7) is 3.77. The van der Waals surface area contributed by atoms with Crippen LogP contribution in [0, 0.1) is 0 Å². The van der Waals surface area contributed by atoms with Crippen LogP contribution in [-0.2, 0) is 17.8 Å². The third-order valence-corrected chi connectivity index (χ3v) is 4.68. The molecule has 0 unspecified atom stereocenters. The lowest BCUT2D eigenvalue weighted by atomic mass is 10.1. The van der Waals surface area contributed by atoms with Crippen LogP contribution in [0.25, 0.3) is 10.9 Å². The van der Waals surface area contributed by atoms with Crippen LogP contribution in [0.2, 0.25) is 0 Å². The molecule has 4 nitrogen and oxygen atoms in total. The third-order valence-electron chi connectivity index (χ3n) is 4.68. The first-order valence-electron chi connectivity index (χ1n) is 7.73. The van der Waals surface area contributed by atoms with E-state index in [0.29, 0.717) is 6.42 Å². The average molecular weight is 293 g/mol. The Labute approximate surface area is 129 Å². The molecule has 0 spiro atoms. The Morgan fingerprint density at radius 3 is 3.00 bits per heavy atom. The molecule has 4 heteroatoms. The third kappa shape index (κ3) is 2.03. The maximum absolute atomic E-state index is 12.8. The summed E-state index contributed by atoms with van der Waals surface area (Å²) >= 11 is 0. The van der Waals surface area contributed by atoms with Gasteiger partial charge in [0.15, 0.2) is 0 Å². The number of H-pyrrole nitrogens is 1. The minimum absolute atomic E-state index is 0.140. The Morgan fingerprint density at radius 2 is 2.09 bits per heavy atom. The van der Waals surface area contributed by atoms with Crippen molar-refractivity contribution in [3.8, 4) is 0 Å². The zero-order valence-corrected chi connectivity index (χ0v) is 12.6. The van der Waals surface area contributed by atoms with E-state index in [1.54, 1.807) is 0 Å². The van der Waals surface area contributed by atoms with Crippen molar-refractivity contribution >= 4 is 16.8 Å². The van der Waals surface area contributed by atoms with E-state index < -0.39 is 0 Å². The van der Waals surface area contributed by atoms with Crippen molar-refractivity contribution in [2.45, 2.75) is 25.9 Å². The van der Waals surface area contributed by atoms with Gasteiger partial charge < -0.3 is 14.5 Å². The van der Waals surface area contributed by atoms with E-state index in [1.807, 2.05) is 29.3 Å². The number of aromatic nitrogens is 2. The maximum atomic E-state index is 12.8. The second-order valence-electron chi connectivity index (χ2n) is 5.93. The van der Waals surface area contributed by atoms with Gasteiger partial charge in [-0.25, -0.2) is 0 Å². The molecule has 3 heterocycles. The largest absolute Gasteiger partial charge is 0.361 e. The number of nitrogens with one attached hydrogen (secondary N) is 1. The molecule has 1 aliphatic rings. The highest BCUT2D eigenvalue weighted by molar-refractivity contribution is 5.89. The summed E-state index contributed by atoms with van der Waals surface area (Å²) < 4.78 is 2.24. The standard InChI is InChI=1S/C18H19N3O/c1-13-17-7-4-8-20(17)9-10-21(13)18(22)11-14-12-19-16-6-3-2-5-15(14)16/h2-8,12-13,19H,9-11H2,1H3/t13-/m0/s1. The second kappa shape index (κ2) is 5.05. The summed E-state index contributed by atoms with van der Waals surface area (Å²) in [4.78, 5) is 18.0. The fourth-order valence-electron chi connectivity index (χ4n) is 3.46. The van der Waals surface area contributed by atoms with E-state index in [4.69, 9.17) is 0 Å². The summed E-state index contributed by atoms with van der Waals surface area (Å²) in [5, 5.41) is 1.14. The average Bonchev–Trinajstić information content (AvgIpc) is 3.15. The highest BCUT2D eigenvalue weighted by Crippen LogP contribution is 2.27. The smallest absolute Gasteiger partial charge is 0.227 e. The van der Waals surface area contributed by atoms with Gasteiger partial charge in [0.1, 0.15) is 0 Å². The number of aromatic amines is 1. The van der Waals surface area contributed by atoms with Gasteiger partial charge >= 0.3 is 0 Å². The Kier molecular flexibility index (Phi) is 3.03. The molecule has 1 amide bonds. The molecular formula is C18H19N3O. The van der Waals surface area contributed by atoms with Crippen molar-refractivity contribution in [1.82, 2.24) is 14.5 Å². The molecule has 0 bridgehead atoms. The van der Waals surface area contributed by atoms with E-state index in [-0.39, 0.29) is 11.9 Å². The van der Waals surface area contributed by atoms with Crippen LogP contribution in [0.15, 0.2) is 48.8 Å². The molecule has 0 saturated heterocycles. The zero-order chi connectivity index (χ0) is 15.1. The number of carbonyl (C=O) groups excluding carboxylic acids is 1. The fourth-order valence-corrected chi connectivity index (χ4v) is 3.46. The number of hydrogen-bond donors (Lipinski definition) is 1. The van der Waals surface area contributed by atoms with E-state index in [1.165, 1.54) is 5.69 Å². The van der Waals surface area contributed by atoms with Gasteiger partial charge in [0.05, 0.1) is 12.5 Å². The van der Waals surface area contributed by atoms with Crippen molar-refractivity contribution in [3.63, 3.8) is 0 Å². The normalized spacial score (nSPS) is 17.7. The SMILES string of the molecule is C[C@H]1c2cccn2CCN1C(=O)Cc1c[nH]c2ccccc12. The Balaban J connectivity index is 1.58. The number of benzene rings is 1. The lowest BCUT2D eigenvalue weighted by Crippen LogP contribution is -2.41. The van der Waals surface area contributed by atoms with Crippen LogP contribution in [0.3, 0.4) is 0 Å². The number of fused-ring (bicyclic) bond motifs is 2. The van der Waals surface area contributed by atoms with E-state index in [9.17, 15) is 4.79 Å². The molecule has 1 N–H and O–H groups in total. The lowest BCUT2D eigenvalue weighted by Gasteiger charge is -2.35. The van der Waals surface area contributed by atoms with Gasteiger partial charge in [-0.05, 0) is 30.7 Å². The van der Waals surface area contributed by atoms with Crippen LogP contribution in [0.1, 0.15) is 24.2 Å². The summed E-state index contributed by atoms with van der Waals surface area (Å²) in [5.74, 6) is 0.199. The van der Waals surface area contributed by atoms with Crippen LogP contribution in [0.4, 0.5) is 0 Å². The first-order valence-corrected chi connectivity index (χ1v) is 7.73. The molecule has 0 saturated carbocycles. The van der Waals surface area contributed by atoms with Crippen LogP contribution in [-0.4, -0.2) is 26.9 Å². The van der Waals surface area contributed by atoms with Crippen LogP contribution in [0.5, 0.6) is 0 Å². The molecule has 1 atom stereocenters. The predicted octanol–water partition coefficient (Wildman–Crippen LogP) is 3.12. The quantitative estimate of drug-likeness (QED) is 0.775. The van der Waals surface area contributed by atoms with Crippen molar-refractivity contribution in [2.75, 3.05) is 6.54 Å². The van der Waals surface area contributed by atoms with Crippen molar-refractivity contribution < 1.29 is 4.79 Å². The van der Waals surface area contributed by atoms with Gasteiger partial charge in [0.25, 0.3) is 0 Å². The number of carbonyl (C=O) groups is 1. The van der Waals surface area contributed by atoms with Crippen molar-refractivity contribution in [3.05, 3.63) is 60.0 Å². The topological polar surface area (TPSA) is 41.0 Å². The van der Waals surface area contributed by atoms with E-state index in [0.717, 1.165) is 29.6 Å². The van der Waals surface area contributed by atoms with Crippen molar-refractivity contribution in [2.24, 2.45) is 0 Å². The molecule has 3 aromatic rings. The minimum atomic E-state index is 0.140. The molecular weight excluding hydrogens is 274 g/mol. The van der Waals surface area contributed by atoms with Gasteiger partial charge in [0.2, 0.25) is 5.91 Å². The Hall–Kier alpha value is -2.49. The van der Waals surface area contributed by atoms with Gasteiger partial charge in [-0.1, -0.05) is 18.2 Å². The number of amides is 1. The molecule has 4 rings (SSSR count). The van der Waals surface area contributed by atoms with E-state index >= 15 is 0 Å². The van der Waals surface area contributed by atoms with E-state index in [2.05, 4.69) is 40.9 Å². The minimum Gasteiger partial charge on any atom is -0.361 e.